The van der Waals surface area contributed by atoms with Crippen LogP contribution in [-0.2, 0) is 25.7 Å². The molecule has 2 atom stereocenters. The maximum Gasteiger partial charge on any atom is 0.407 e. The fraction of sp³-hybridized carbons (Fsp3) is 0.300. The van der Waals surface area contributed by atoms with Gasteiger partial charge in [0.05, 0.1) is 12.7 Å². The standard InChI is InChI=1S/C30H32N2O6/c1-19(37-17-20-11-5-4-6-12-20)26(27(33)32-30(2,3)28(34)35)31-29(36)38-18-25-23-15-9-7-13-21(23)22-14-8-10-16-24(22)25/h4-16,19,25-26H,17-18H2,1-3H3,(H,31,36)(H,32,33)(H,34,35). The van der Waals surface area contributed by atoms with Crippen molar-refractivity contribution in [2.24, 2.45) is 0 Å². The number of carboxylic acid groups (broad SMARTS) is 1. The van der Waals surface area contributed by atoms with Crippen molar-refractivity contribution >= 4 is 18.0 Å². The first-order chi connectivity index (χ1) is 18.2. The van der Waals surface area contributed by atoms with Gasteiger partial charge in [0.25, 0.3) is 0 Å². The number of amides is 2. The average molecular weight is 517 g/mol. The molecule has 3 N–H and O–H groups in total. The molecule has 0 aromatic heterocycles. The van der Waals surface area contributed by atoms with Crippen molar-refractivity contribution in [3.8, 4) is 11.1 Å². The van der Waals surface area contributed by atoms with E-state index in [1.807, 2.05) is 78.9 Å². The molecule has 0 radical (unpaired) electrons. The summed E-state index contributed by atoms with van der Waals surface area (Å²) < 4.78 is 11.5. The first-order valence-corrected chi connectivity index (χ1v) is 12.5. The van der Waals surface area contributed by atoms with Gasteiger partial charge in [0.1, 0.15) is 18.2 Å². The van der Waals surface area contributed by atoms with E-state index in [4.69, 9.17) is 9.47 Å². The van der Waals surface area contributed by atoms with E-state index in [2.05, 4.69) is 10.6 Å². The lowest BCUT2D eigenvalue weighted by atomic mass is 9.98. The molecular weight excluding hydrogens is 484 g/mol. The SMILES string of the molecule is CC(OCc1ccccc1)C(NC(=O)OCC1c2ccccc2-c2ccccc21)C(=O)NC(C)(C)C(=O)O. The number of hydrogen-bond acceptors (Lipinski definition) is 5. The minimum atomic E-state index is -1.54. The van der Waals surface area contributed by atoms with Crippen LogP contribution in [0, 0.1) is 0 Å². The number of carboxylic acids is 1. The number of hydrogen-bond donors (Lipinski definition) is 3. The molecule has 0 bridgehead atoms. The van der Waals surface area contributed by atoms with Gasteiger partial charge in [-0.15, -0.1) is 0 Å². The lowest BCUT2D eigenvalue weighted by Crippen LogP contribution is -2.59. The van der Waals surface area contributed by atoms with Crippen LogP contribution in [0.2, 0.25) is 0 Å². The number of carbonyl (C=O) groups is 3. The lowest BCUT2D eigenvalue weighted by molar-refractivity contribution is -0.147. The molecule has 38 heavy (non-hydrogen) atoms. The van der Waals surface area contributed by atoms with Gasteiger partial charge in [-0.1, -0.05) is 78.9 Å². The third-order valence-corrected chi connectivity index (χ3v) is 6.69. The zero-order chi connectivity index (χ0) is 27.3. The van der Waals surface area contributed by atoms with Crippen LogP contribution in [-0.4, -0.2) is 47.4 Å². The Bertz CT molecular complexity index is 1260. The van der Waals surface area contributed by atoms with E-state index >= 15 is 0 Å². The van der Waals surface area contributed by atoms with Crippen molar-refractivity contribution in [1.29, 1.82) is 0 Å². The number of benzene rings is 3. The molecule has 2 unspecified atom stereocenters. The molecule has 8 nitrogen and oxygen atoms in total. The Morgan fingerprint density at radius 3 is 2.03 bits per heavy atom. The van der Waals surface area contributed by atoms with Gasteiger partial charge in [0.15, 0.2) is 0 Å². The van der Waals surface area contributed by atoms with Gasteiger partial charge in [0.2, 0.25) is 5.91 Å². The quantitative estimate of drug-likeness (QED) is 0.366. The Morgan fingerprint density at radius 2 is 1.45 bits per heavy atom. The van der Waals surface area contributed by atoms with Crippen LogP contribution in [0.4, 0.5) is 4.79 Å². The summed E-state index contributed by atoms with van der Waals surface area (Å²) in [5.74, 6) is -2.03. The van der Waals surface area contributed by atoms with Crippen molar-refractivity contribution in [2.45, 2.75) is 51.0 Å². The van der Waals surface area contributed by atoms with Crippen molar-refractivity contribution in [3.05, 3.63) is 95.6 Å². The number of alkyl carbamates (subject to hydrolysis) is 1. The van der Waals surface area contributed by atoms with Crippen LogP contribution in [0.3, 0.4) is 0 Å². The second-order valence-corrected chi connectivity index (χ2v) is 9.87. The Morgan fingerprint density at radius 1 is 0.895 bits per heavy atom. The second kappa shape index (κ2) is 11.5. The molecule has 3 aromatic carbocycles. The highest BCUT2D eigenvalue weighted by atomic mass is 16.5. The predicted octanol–water partition coefficient (Wildman–Crippen LogP) is 4.48. The highest BCUT2D eigenvalue weighted by molar-refractivity contribution is 5.91. The molecule has 0 aliphatic heterocycles. The third kappa shape index (κ3) is 6.03. The Balaban J connectivity index is 1.46. The molecule has 0 saturated heterocycles. The van der Waals surface area contributed by atoms with E-state index in [-0.39, 0.29) is 19.1 Å². The number of nitrogens with one attached hydrogen (secondary N) is 2. The Kier molecular flexibility index (Phi) is 8.12. The summed E-state index contributed by atoms with van der Waals surface area (Å²) in [5.41, 5.74) is 3.70. The number of aliphatic carboxylic acids is 1. The number of carbonyl (C=O) groups excluding carboxylic acids is 2. The minimum absolute atomic E-state index is 0.0775. The van der Waals surface area contributed by atoms with Crippen molar-refractivity contribution in [3.63, 3.8) is 0 Å². The molecule has 4 rings (SSSR count). The Labute approximate surface area is 222 Å². The topological polar surface area (TPSA) is 114 Å². The summed E-state index contributed by atoms with van der Waals surface area (Å²) in [5, 5.41) is 14.5. The molecule has 3 aromatic rings. The van der Waals surface area contributed by atoms with E-state index in [9.17, 15) is 19.5 Å². The zero-order valence-electron chi connectivity index (χ0n) is 21.6. The van der Waals surface area contributed by atoms with E-state index in [1.54, 1.807) is 6.92 Å². The van der Waals surface area contributed by atoms with E-state index < -0.39 is 35.7 Å². The number of ether oxygens (including phenoxy) is 2. The first kappa shape index (κ1) is 26.9. The molecule has 0 spiro atoms. The van der Waals surface area contributed by atoms with Crippen LogP contribution in [0.25, 0.3) is 11.1 Å². The largest absolute Gasteiger partial charge is 0.480 e. The van der Waals surface area contributed by atoms with Crippen molar-refractivity contribution in [2.75, 3.05) is 6.61 Å². The summed E-state index contributed by atoms with van der Waals surface area (Å²) in [6.07, 6.45) is -1.57. The van der Waals surface area contributed by atoms with Gasteiger partial charge in [0, 0.05) is 5.92 Å². The van der Waals surface area contributed by atoms with Gasteiger partial charge in [-0.25, -0.2) is 9.59 Å². The van der Waals surface area contributed by atoms with Crippen molar-refractivity contribution in [1.82, 2.24) is 10.6 Å². The molecule has 1 aliphatic rings. The molecule has 0 fully saturated rings. The molecule has 0 saturated carbocycles. The highest BCUT2D eigenvalue weighted by Gasteiger charge is 2.36. The monoisotopic (exact) mass is 516 g/mol. The summed E-state index contributed by atoms with van der Waals surface area (Å²) in [4.78, 5) is 37.6. The maximum absolute atomic E-state index is 13.1. The van der Waals surface area contributed by atoms with Crippen LogP contribution >= 0.6 is 0 Å². The van der Waals surface area contributed by atoms with Gasteiger partial charge in [-0.3, -0.25) is 4.79 Å². The van der Waals surface area contributed by atoms with Gasteiger partial charge < -0.3 is 25.2 Å². The lowest BCUT2D eigenvalue weighted by Gasteiger charge is -2.28. The van der Waals surface area contributed by atoms with E-state index in [0.717, 1.165) is 27.8 Å². The molecule has 1 aliphatic carbocycles. The van der Waals surface area contributed by atoms with Gasteiger partial charge in [-0.2, -0.15) is 0 Å². The van der Waals surface area contributed by atoms with E-state index in [0.29, 0.717) is 0 Å². The zero-order valence-corrected chi connectivity index (χ0v) is 21.6. The van der Waals surface area contributed by atoms with Crippen LogP contribution in [0.15, 0.2) is 78.9 Å². The summed E-state index contributed by atoms with van der Waals surface area (Å²) in [7, 11) is 0. The average Bonchev–Trinajstić information content (AvgIpc) is 3.23. The molecule has 8 heteroatoms. The summed E-state index contributed by atoms with van der Waals surface area (Å²) in [6.45, 7) is 4.67. The highest BCUT2D eigenvalue weighted by Crippen LogP contribution is 2.44. The van der Waals surface area contributed by atoms with Gasteiger partial charge >= 0.3 is 12.1 Å². The number of rotatable bonds is 10. The fourth-order valence-electron chi connectivity index (χ4n) is 4.50. The normalized spacial score (nSPS) is 14.1. The summed E-state index contributed by atoms with van der Waals surface area (Å²) >= 11 is 0. The third-order valence-electron chi connectivity index (χ3n) is 6.69. The van der Waals surface area contributed by atoms with Crippen LogP contribution in [0.5, 0.6) is 0 Å². The summed E-state index contributed by atoms with van der Waals surface area (Å²) in [6, 6.07) is 24.2. The van der Waals surface area contributed by atoms with Crippen LogP contribution in [0.1, 0.15) is 43.4 Å². The molecular formula is C30H32N2O6. The predicted molar refractivity (Wildman–Crippen MR) is 143 cm³/mol. The fourth-order valence-corrected chi connectivity index (χ4v) is 4.50. The van der Waals surface area contributed by atoms with Gasteiger partial charge in [-0.05, 0) is 48.6 Å². The smallest absolute Gasteiger partial charge is 0.407 e. The molecule has 0 heterocycles. The molecule has 198 valence electrons. The maximum atomic E-state index is 13.1. The number of fused-ring (bicyclic) bond motifs is 3. The first-order valence-electron chi connectivity index (χ1n) is 12.5. The Hall–Kier alpha value is -4.17. The van der Waals surface area contributed by atoms with Crippen molar-refractivity contribution < 1.29 is 29.0 Å². The molecule has 2 amide bonds. The minimum Gasteiger partial charge on any atom is -0.480 e. The second-order valence-electron chi connectivity index (χ2n) is 9.87. The van der Waals surface area contributed by atoms with Crippen LogP contribution < -0.4 is 10.6 Å². The van der Waals surface area contributed by atoms with E-state index in [1.165, 1.54) is 13.8 Å².